The van der Waals surface area contributed by atoms with Gasteiger partial charge in [0.1, 0.15) is 5.71 Å². The Hall–Kier alpha value is -2.42. The standard InChI is InChI=1S/C15H16F3N3O3/c1-21-13(23)7-6-11(20-21)14(24)19-8-12(22)9-4-2-3-5-10(9)15(16,17)18/h2-5,12,22H,6-8H2,1H3,(H,19,24). The molecule has 2 N–H and O–H groups in total. The Labute approximate surface area is 135 Å². The van der Waals surface area contributed by atoms with E-state index in [0.29, 0.717) is 0 Å². The molecule has 9 heteroatoms. The molecule has 1 unspecified atom stereocenters. The zero-order valence-corrected chi connectivity index (χ0v) is 12.8. The van der Waals surface area contributed by atoms with Gasteiger partial charge in [0.25, 0.3) is 5.91 Å². The average Bonchev–Trinajstić information content (AvgIpc) is 2.54. The summed E-state index contributed by atoms with van der Waals surface area (Å²) in [5.41, 5.74) is -1.18. The summed E-state index contributed by atoms with van der Waals surface area (Å²) in [7, 11) is 1.41. The minimum atomic E-state index is -4.60. The van der Waals surface area contributed by atoms with E-state index in [2.05, 4.69) is 10.4 Å². The number of rotatable bonds is 4. The molecule has 1 aliphatic heterocycles. The molecule has 0 fully saturated rings. The molecule has 0 saturated carbocycles. The van der Waals surface area contributed by atoms with Crippen molar-refractivity contribution in [3.05, 3.63) is 35.4 Å². The Kier molecular flexibility index (Phi) is 5.23. The number of aliphatic hydroxyl groups excluding tert-OH is 1. The monoisotopic (exact) mass is 343 g/mol. The van der Waals surface area contributed by atoms with Crippen LogP contribution in [0, 0.1) is 0 Å². The molecular weight excluding hydrogens is 327 g/mol. The predicted octanol–water partition coefficient (Wildman–Crippen LogP) is 1.46. The van der Waals surface area contributed by atoms with Crippen LogP contribution in [0.2, 0.25) is 0 Å². The van der Waals surface area contributed by atoms with E-state index in [1.54, 1.807) is 0 Å². The lowest BCUT2D eigenvalue weighted by molar-refractivity contribution is -0.139. The molecule has 1 aromatic carbocycles. The molecule has 0 aliphatic carbocycles. The smallest absolute Gasteiger partial charge is 0.387 e. The van der Waals surface area contributed by atoms with Crippen LogP contribution in [0.4, 0.5) is 13.2 Å². The predicted molar refractivity (Wildman–Crippen MR) is 78.9 cm³/mol. The van der Waals surface area contributed by atoms with Gasteiger partial charge in [0.05, 0.1) is 11.7 Å². The third-order valence-electron chi connectivity index (χ3n) is 3.55. The summed E-state index contributed by atoms with van der Waals surface area (Å²) in [6, 6.07) is 4.62. The molecule has 1 aliphatic rings. The van der Waals surface area contributed by atoms with Gasteiger partial charge in [-0.15, -0.1) is 0 Å². The average molecular weight is 343 g/mol. The summed E-state index contributed by atoms with van der Waals surface area (Å²) in [6.45, 7) is -0.400. The summed E-state index contributed by atoms with van der Waals surface area (Å²) in [6.07, 6.45) is -5.85. The molecule has 24 heavy (non-hydrogen) atoms. The number of amides is 2. The number of benzene rings is 1. The first-order valence-corrected chi connectivity index (χ1v) is 7.16. The second-order valence-corrected chi connectivity index (χ2v) is 5.27. The zero-order chi connectivity index (χ0) is 17.9. The van der Waals surface area contributed by atoms with Crippen molar-refractivity contribution in [1.29, 1.82) is 0 Å². The number of nitrogens with zero attached hydrogens (tertiary/aromatic N) is 2. The highest BCUT2D eigenvalue weighted by atomic mass is 19.4. The van der Waals surface area contributed by atoms with Crippen LogP contribution in [0.5, 0.6) is 0 Å². The van der Waals surface area contributed by atoms with E-state index < -0.39 is 30.3 Å². The molecule has 1 atom stereocenters. The largest absolute Gasteiger partial charge is 0.416 e. The fourth-order valence-electron chi connectivity index (χ4n) is 2.28. The highest BCUT2D eigenvalue weighted by Crippen LogP contribution is 2.34. The van der Waals surface area contributed by atoms with E-state index in [1.165, 1.54) is 19.2 Å². The quantitative estimate of drug-likeness (QED) is 0.868. The third-order valence-corrected chi connectivity index (χ3v) is 3.55. The fourth-order valence-corrected chi connectivity index (χ4v) is 2.28. The van der Waals surface area contributed by atoms with Crippen molar-refractivity contribution in [3.8, 4) is 0 Å². The van der Waals surface area contributed by atoms with Crippen molar-refractivity contribution in [2.24, 2.45) is 5.10 Å². The molecule has 0 saturated heterocycles. The van der Waals surface area contributed by atoms with E-state index in [-0.39, 0.29) is 30.0 Å². The van der Waals surface area contributed by atoms with E-state index >= 15 is 0 Å². The molecule has 2 amide bonds. The first kappa shape index (κ1) is 17.9. The van der Waals surface area contributed by atoms with Crippen LogP contribution >= 0.6 is 0 Å². The number of hydrogen-bond acceptors (Lipinski definition) is 4. The Morgan fingerprint density at radius 2 is 2.04 bits per heavy atom. The van der Waals surface area contributed by atoms with Gasteiger partial charge in [0.15, 0.2) is 0 Å². The van der Waals surface area contributed by atoms with Crippen LogP contribution < -0.4 is 5.32 Å². The van der Waals surface area contributed by atoms with Gasteiger partial charge in [-0.05, 0) is 11.6 Å². The van der Waals surface area contributed by atoms with Gasteiger partial charge in [-0.25, -0.2) is 5.01 Å². The maximum Gasteiger partial charge on any atom is 0.416 e. The molecular formula is C15H16F3N3O3. The summed E-state index contributed by atoms with van der Waals surface area (Å²) in [4.78, 5) is 23.2. The summed E-state index contributed by atoms with van der Waals surface area (Å²) >= 11 is 0. The highest BCUT2D eigenvalue weighted by molar-refractivity contribution is 6.39. The summed E-state index contributed by atoms with van der Waals surface area (Å²) in [5, 5.41) is 17.2. The Bertz CT molecular complexity index is 673. The molecule has 0 bridgehead atoms. The van der Waals surface area contributed by atoms with E-state index in [1.807, 2.05) is 0 Å². The number of carbonyl (C=O) groups is 2. The van der Waals surface area contributed by atoms with E-state index in [0.717, 1.165) is 17.1 Å². The Balaban J connectivity index is 2.04. The lowest BCUT2D eigenvalue weighted by Gasteiger charge is -2.20. The minimum Gasteiger partial charge on any atom is -0.387 e. The van der Waals surface area contributed by atoms with Crippen molar-refractivity contribution in [2.75, 3.05) is 13.6 Å². The van der Waals surface area contributed by atoms with Crippen molar-refractivity contribution < 1.29 is 27.9 Å². The van der Waals surface area contributed by atoms with Crippen LogP contribution in [0.1, 0.15) is 30.1 Å². The van der Waals surface area contributed by atoms with Gasteiger partial charge in [0.2, 0.25) is 5.91 Å². The Morgan fingerprint density at radius 1 is 1.38 bits per heavy atom. The molecule has 0 aromatic heterocycles. The summed E-state index contributed by atoms with van der Waals surface area (Å²) < 4.78 is 38.8. The van der Waals surface area contributed by atoms with Crippen LogP contribution in [0.15, 0.2) is 29.4 Å². The molecule has 1 aromatic rings. The van der Waals surface area contributed by atoms with Crippen molar-refractivity contribution in [2.45, 2.75) is 25.1 Å². The Morgan fingerprint density at radius 3 is 2.67 bits per heavy atom. The van der Waals surface area contributed by atoms with Crippen LogP contribution in [-0.2, 0) is 15.8 Å². The van der Waals surface area contributed by atoms with Crippen molar-refractivity contribution in [3.63, 3.8) is 0 Å². The van der Waals surface area contributed by atoms with Gasteiger partial charge in [-0.2, -0.15) is 18.3 Å². The molecule has 1 heterocycles. The fraction of sp³-hybridized carbons (Fsp3) is 0.400. The van der Waals surface area contributed by atoms with Crippen LogP contribution in [0.3, 0.4) is 0 Å². The topological polar surface area (TPSA) is 82.0 Å². The summed E-state index contributed by atoms with van der Waals surface area (Å²) in [5.74, 6) is -0.858. The third kappa shape index (κ3) is 4.10. The number of aliphatic hydroxyl groups is 1. The SMILES string of the molecule is CN1N=C(C(=O)NCC(O)c2ccccc2C(F)(F)F)CCC1=O. The number of halogens is 3. The van der Waals surface area contributed by atoms with E-state index in [4.69, 9.17) is 0 Å². The number of carbonyl (C=O) groups excluding carboxylic acids is 2. The van der Waals surface area contributed by atoms with Crippen LogP contribution in [-0.4, -0.2) is 41.2 Å². The van der Waals surface area contributed by atoms with Gasteiger partial charge < -0.3 is 10.4 Å². The lowest BCUT2D eigenvalue weighted by atomic mass is 10.0. The maximum atomic E-state index is 12.9. The van der Waals surface area contributed by atoms with Crippen molar-refractivity contribution in [1.82, 2.24) is 10.3 Å². The number of nitrogens with one attached hydrogen (secondary N) is 1. The van der Waals surface area contributed by atoms with Crippen LogP contribution in [0.25, 0.3) is 0 Å². The maximum absolute atomic E-state index is 12.9. The normalized spacial score (nSPS) is 16.6. The lowest BCUT2D eigenvalue weighted by Crippen LogP contribution is -2.39. The number of hydrazone groups is 1. The number of alkyl halides is 3. The highest BCUT2D eigenvalue weighted by Gasteiger charge is 2.34. The zero-order valence-electron chi connectivity index (χ0n) is 12.8. The van der Waals surface area contributed by atoms with Gasteiger partial charge >= 0.3 is 6.18 Å². The second kappa shape index (κ2) is 7.00. The molecule has 6 nitrogen and oxygen atoms in total. The minimum absolute atomic E-state index is 0.0911. The van der Waals surface area contributed by atoms with Crippen molar-refractivity contribution >= 4 is 17.5 Å². The molecule has 130 valence electrons. The molecule has 0 radical (unpaired) electrons. The second-order valence-electron chi connectivity index (χ2n) is 5.27. The number of hydrogen-bond donors (Lipinski definition) is 2. The van der Waals surface area contributed by atoms with Gasteiger partial charge in [0, 0.05) is 26.4 Å². The van der Waals surface area contributed by atoms with Gasteiger partial charge in [-0.3, -0.25) is 9.59 Å². The first-order chi connectivity index (χ1) is 11.2. The van der Waals surface area contributed by atoms with Gasteiger partial charge in [-0.1, -0.05) is 18.2 Å². The van der Waals surface area contributed by atoms with E-state index in [9.17, 15) is 27.9 Å². The molecule has 0 spiro atoms. The molecule has 2 rings (SSSR count). The first-order valence-electron chi connectivity index (χ1n) is 7.16.